The highest BCUT2D eigenvalue weighted by molar-refractivity contribution is 6.30. The number of nitrogens with zero attached hydrogens (tertiary/aromatic N) is 1. The van der Waals surface area contributed by atoms with Crippen LogP contribution in [0.2, 0.25) is 5.02 Å². The van der Waals surface area contributed by atoms with Gasteiger partial charge in [0.25, 0.3) is 0 Å². The van der Waals surface area contributed by atoms with Crippen LogP contribution >= 0.6 is 11.6 Å². The minimum atomic E-state index is 0.449. The Morgan fingerprint density at radius 3 is 2.61 bits per heavy atom. The van der Waals surface area contributed by atoms with Gasteiger partial charge in [0.05, 0.1) is 12.1 Å². The summed E-state index contributed by atoms with van der Waals surface area (Å²) in [5, 5.41) is 0.557. The van der Waals surface area contributed by atoms with E-state index in [1.165, 1.54) is 6.20 Å². The third kappa shape index (κ3) is 2.27. The summed E-state index contributed by atoms with van der Waals surface area (Å²) in [4.78, 5) is 4.08. The van der Waals surface area contributed by atoms with E-state index in [-0.39, 0.29) is 0 Å². The molecule has 18 heavy (non-hydrogen) atoms. The zero-order valence-corrected chi connectivity index (χ0v) is 11.4. The standard InChI is InChI=1S/C14H15ClN2O/c1-8-4-9(2)13(12(5-8)18-3)11-6-10(15)7-17-14(11)16/h4-7H,1-3H3,(H2,16,17). The molecule has 0 fully saturated rings. The van der Waals surface area contributed by atoms with Crippen molar-refractivity contribution < 1.29 is 4.74 Å². The lowest BCUT2D eigenvalue weighted by Gasteiger charge is -2.14. The molecular formula is C14H15ClN2O. The maximum absolute atomic E-state index is 5.99. The van der Waals surface area contributed by atoms with E-state index in [4.69, 9.17) is 22.1 Å². The molecule has 3 nitrogen and oxygen atoms in total. The van der Waals surface area contributed by atoms with Crippen LogP contribution < -0.4 is 10.5 Å². The Morgan fingerprint density at radius 2 is 1.94 bits per heavy atom. The highest BCUT2D eigenvalue weighted by Crippen LogP contribution is 2.37. The molecule has 0 bridgehead atoms. The van der Waals surface area contributed by atoms with Crippen molar-refractivity contribution in [3.05, 3.63) is 40.5 Å². The average molecular weight is 263 g/mol. The van der Waals surface area contributed by atoms with Crippen molar-refractivity contribution in [1.29, 1.82) is 0 Å². The zero-order valence-electron chi connectivity index (χ0n) is 10.6. The van der Waals surface area contributed by atoms with E-state index in [1.807, 2.05) is 26.0 Å². The van der Waals surface area contributed by atoms with E-state index >= 15 is 0 Å². The Kier molecular flexibility index (Phi) is 3.43. The van der Waals surface area contributed by atoms with Crippen LogP contribution in [0, 0.1) is 13.8 Å². The number of anilines is 1. The van der Waals surface area contributed by atoms with Gasteiger partial charge in [-0.1, -0.05) is 17.7 Å². The van der Waals surface area contributed by atoms with Crippen LogP contribution in [-0.2, 0) is 0 Å². The number of nitrogen functional groups attached to an aromatic ring is 1. The number of aryl methyl sites for hydroxylation is 2. The molecule has 0 amide bonds. The Balaban J connectivity index is 2.74. The summed E-state index contributed by atoms with van der Waals surface area (Å²) in [5.41, 5.74) is 9.90. The van der Waals surface area contributed by atoms with Crippen LogP contribution in [0.25, 0.3) is 11.1 Å². The Morgan fingerprint density at radius 1 is 1.22 bits per heavy atom. The van der Waals surface area contributed by atoms with Gasteiger partial charge in [-0.3, -0.25) is 0 Å². The topological polar surface area (TPSA) is 48.1 Å². The van der Waals surface area contributed by atoms with E-state index in [2.05, 4.69) is 11.1 Å². The van der Waals surface area contributed by atoms with Gasteiger partial charge in [-0.15, -0.1) is 0 Å². The number of aromatic nitrogens is 1. The molecule has 94 valence electrons. The zero-order chi connectivity index (χ0) is 13.3. The van der Waals surface area contributed by atoms with Gasteiger partial charge in [0.15, 0.2) is 0 Å². The summed E-state index contributed by atoms with van der Waals surface area (Å²) in [7, 11) is 1.64. The molecule has 0 atom stereocenters. The van der Waals surface area contributed by atoms with Crippen molar-refractivity contribution in [3.8, 4) is 16.9 Å². The second kappa shape index (κ2) is 4.86. The molecular weight excluding hydrogens is 248 g/mol. The average Bonchev–Trinajstić information content (AvgIpc) is 2.32. The van der Waals surface area contributed by atoms with E-state index in [0.717, 1.165) is 28.0 Å². The number of halogens is 1. The molecule has 4 heteroatoms. The molecule has 0 aliphatic carbocycles. The van der Waals surface area contributed by atoms with Crippen LogP contribution in [0.4, 0.5) is 5.82 Å². The highest BCUT2D eigenvalue weighted by Gasteiger charge is 2.14. The van der Waals surface area contributed by atoms with Crippen LogP contribution in [0.1, 0.15) is 11.1 Å². The van der Waals surface area contributed by atoms with Crippen LogP contribution in [0.15, 0.2) is 24.4 Å². The monoisotopic (exact) mass is 262 g/mol. The van der Waals surface area contributed by atoms with Gasteiger partial charge in [0, 0.05) is 17.3 Å². The maximum atomic E-state index is 5.99. The lowest BCUT2D eigenvalue weighted by atomic mass is 9.98. The summed E-state index contributed by atoms with van der Waals surface area (Å²) in [6, 6.07) is 5.87. The molecule has 1 aromatic carbocycles. The first-order valence-electron chi connectivity index (χ1n) is 5.59. The summed E-state index contributed by atoms with van der Waals surface area (Å²) < 4.78 is 5.43. The van der Waals surface area contributed by atoms with Crippen molar-refractivity contribution in [2.45, 2.75) is 13.8 Å². The maximum Gasteiger partial charge on any atom is 0.131 e. The largest absolute Gasteiger partial charge is 0.496 e. The van der Waals surface area contributed by atoms with Crippen LogP contribution in [0.5, 0.6) is 5.75 Å². The third-order valence-corrected chi connectivity index (χ3v) is 3.02. The summed E-state index contributed by atoms with van der Waals surface area (Å²) in [6.45, 7) is 4.05. The summed E-state index contributed by atoms with van der Waals surface area (Å²) in [5.74, 6) is 1.23. The molecule has 0 radical (unpaired) electrons. The Hall–Kier alpha value is -1.74. The van der Waals surface area contributed by atoms with Gasteiger partial charge in [-0.25, -0.2) is 4.98 Å². The van der Waals surface area contributed by atoms with Crippen molar-refractivity contribution in [3.63, 3.8) is 0 Å². The van der Waals surface area contributed by atoms with Crippen molar-refractivity contribution in [2.75, 3.05) is 12.8 Å². The first kappa shape index (κ1) is 12.7. The number of nitrogens with two attached hydrogens (primary N) is 1. The predicted octanol–water partition coefficient (Wildman–Crippen LogP) is 3.61. The van der Waals surface area contributed by atoms with Gasteiger partial charge >= 0.3 is 0 Å². The Bertz CT molecular complexity index is 597. The van der Waals surface area contributed by atoms with Crippen molar-refractivity contribution >= 4 is 17.4 Å². The van der Waals surface area contributed by atoms with Crippen molar-refractivity contribution in [2.24, 2.45) is 0 Å². The SMILES string of the molecule is COc1cc(C)cc(C)c1-c1cc(Cl)cnc1N. The first-order chi connectivity index (χ1) is 8.52. The number of hydrogen-bond donors (Lipinski definition) is 1. The fourth-order valence-corrected chi connectivity index (χ4v) is 2.24. The Labute approximate surface area is 112 Å². The molecule has 0 aliphatic rings. The molecule has 0 spiro atoms. The molecule has 0 saturated heterocycles. The lowest BCUT2D eigenvalue weighted by Crippen LogP contribution is -1.98. The van der Waals surface area contributed by atoms with Gasteiger partial charge in [0.2, 0.25) is 0 Å². The first-order valence-corrected chi connectivity index (χ1v) is 5.97. The van der Waals surface area contributed by atoms with E-state index in [1.54, 1.807) is 7.11 Å². The predicted molar refractivity (Wildman–Crippen MR) is 75.1 cm³/mol. The normalized spacial score (nSPS) is 10.4. The van der Waals surface area contributed by atoms with Gasteiger partial charge in [-0.05, 0) is 37.1 Å². The lowest BCUT2D eigenvalue weighted by molar-refractivity contribution is 0.416. The molecule has 2 N–H and O–H groups in total. The molecule has 0 aliphatic heterocycles. The summed E-state index contributed by atoms with van der Waals surface area (Å²) in [6.07, 6.45) is 1.54. The van der Waals surface area contributed by atoms with E-state index in [0.29, 0.717) is 10.8 Å². The second-order valence-corrected chi connectivity index (χ2v) is 4.68. The number of pyridine rings is 1. The molecule has 2 aromatic rings. The molecule has 1 heterocycles. The molecule has 2 rings (SSSR count). The molecule has 0 unspecified atom stereocenters. The van der Waals surface area contributed by atoms with Crippen LogP contribution in [0.3, 0.4) is 0 Å². The number of methoxy groups -OCH3 is 1. The van der Waals surface area contributed by atoms with Crippen molar-refractivity contribution in [1.82, 2.24) is 4.98 Å². The molecule has 0 saturated carbocycles. The molecule has 1 aromatic heterocycles. The van der Waals surface area contributed by atoms with Gasteiger partial charge in [-0.2, -0.15) is 0 Å². The minimum Gasteiger partial charge on any atom is -0.496 e. The number of benzene rings is 1. The smallest absolute Gasteiger partial charge is 0.131 e. The third-order valence-electron chi connectivity index (χ3n) is 2.82. The van der Waals surface area contributed by atoms with E-state index < -0.39 is 0 Å². The van der Waals surface area contributed by atoms with E-state index in [9.17, 15) is 0 Å². The van der Waals surface area contributed by atoms with Crippen LogP contribution in [-0.4, -0.2) is 12.1 Å². The number of rotatable bonds is 2. The quantitative estimate of drug-likeness (QED) is 0.899. The highest BCUT2D eigenvalue weighted by atomic mass is 35.5. The second-order valence-electron chi connectivity index (χ2n) is 4.25. The number of hydrogen-bond acceptors (Lipinski definition) is 3. The fraction of sp³-hybridized carbons (Fsp3) is 0.214. The summed E-state index contributed by atoms with van der Waals surface area (Å²) >= 11 is 5.99. The fourth-order valence-electron chi connectivity index (χ4n) is 2.08. The van der Waals surface area contributed by atoms with Gasteiger partial charge < -0.3 is 10.5 Å². The minimum absolute atomic E-state index is 0.449. The number of ether oxygens (including phenoxy) is 1. The van der Waals surface area contributed by atoms with Gasteiger partial charge in [0.1, 0.15) is 11.6 Å².